The van der Waals surface area contributed by atoms with Gasteiger partial charge in [0.2, 0.25) is 11.7 Å². The van der Waals surface area contributed by atoms with Crippen LogP contribution in [0.15, 0.2) is 78.0 Å². The number of imidazole rings is 1. The molecule has 0 N–H and O–H groups in total. The molecule has 6 rings (SSSR count). The van der Waals surface area contributed by atoms with Gasteiger partial charge in [0.15, 0.2) is 5.16 Å². The van der Waals surface area contributed by atoms with Crippen molar-refractivity contribution in [2.24, 2.45) is 0 Å². The Balaban J connectivity index is 1.31. The molecule has 1 amide bonds. The van der Waals surface area contributed by atoms with Gasteiger partial charge in [0.05, 0.1) is 23.3 Å². The van der Waals surface area contributed by atoms with Crippen LogP contribution in [0.5, 0.6) is 0 Å². The van der Waals surface area contributed by atoms with Crippen molar-refractivity contribution in [2.45, 2.75) is 25.0 Å². The van der Waals surface area contributed by atoms with E-state index < -0.39 is 0 Å². The van der Waals surface area contributed by atoms with Gasteiger partial charge in [0, 0.05) is 12.2 Å². The van der Waals surface area contributed by atoms with Gasteiger partial charge < -0.3 is 9.47 Å². The summed E-state index contributed by atoms with van der Waals surface area (Å²) in [4.78, 5) is 14.9. The van der Waals surface area contributed by atoms with E-state index in [0.717, 1.165) is 40.6 Å². The van der Waals surface area contributed by atoms with E-state index in [1.165, 1.54) is 28.5 Å². The first kappa shape index (κ1) is 20.1. The van der Waals surface area contributed by atoms with Gasteiger partial charge in [0.1, 0.15) is 0 Å². The van der Waals surface area contributed by atoms with Crippen molar-refractivity contribution in [1.82, 2.24) is 19.2 Å². The van der Waals surface area contributed by atoms with E-state index in [0.29, 0.717) is 12.3 Å². The van der Waals surface area contributed by atoms with Crippen LogP contribution in [0.1, 0.15) is 16.7 Å². The van der Waals surface area contributed by atoms with E-state index >= 15 is 0 Å². The minimum atomic E-state index is 0.102. The van der Waals surface area contributed by atoms with Crippen molar-refractivity contribution < 1.29 is 4.79 Å². The van der Waals surface area contributed by atoms with Crippen molar-refractivity contribution in [3.8, 4) is 0 Å². The maximum absolute atomic E-state index is 13.0. The third-order valence-corrected chi connectivity index (χ3v) is 7.16. The SMILES string of the molecule is Cc1ccc(Cn2c3ccccc3n3c(SCC(=O)N4CCc5ccccc54)nnc23)cc1. The lowest BCUT2D eigenvalue weighted by atomic mass is 10.1. The number of benzene rings is 3. The minimum Gasteiger partial charge on any atom is -0.311 e. The molecule has 0 atom stereocenters. The Morgan fingerprint density at radius 2 is 1.70 bits per heavy atom. The summed E-state index contributed by atoms with van der Waals surface area (Å²) in [6.07, 6.45) is 0.911. The van der Waals surface area contributed by atoms with E-state index in [9.17, 15) is 4.79 Å². The molecule has 7 heteroatoms. The fourth-order valence-corrected chi connectivity index (χ4v) is 5.38. The molecule has 0 saturated carbocycles. The summed E-state index contributed by atoms with van der Waals surface area (Å²) in [5.74, 6) is 1.22. The second kappa shape index (κ2) is 8.08. The molecule has 0 radical (unpaired) electrons. The Bertz CT molecular complexity index is 1480. The summed E-state index contributed by atoms with van der Waals surface area (Å²) in [5.41, 5.74) is 6.87. The maximum atomic E-state index is 13.0. The van der Waals surface area contributed by atoms with Gasteiger partial charge in [-0.15, -0.1) is 10.2 Å². The van der Waals surface area contributed by atoms with Crippen LogP contribution in [0.25, 0.3) is 16.8 Å². The number of amides is 1. The average Bonchev–Trinajstić information content (AvgIpc) is 3.53. The van der Waals surface area contributed by atoms with Crippen molar-refractivity contribution >= 4 is 40.2 Å². The van der Waals surface area contributed by atoms with Crippen LogP contribution >= 0.6 is 11.8 Å². The quantitative estimate of drug-likeness (QED) is 0.361. The molecule has 2 aromatic heterocycles. The van der Waals surface area contributed by atoms with E-state index in [-0.39, 0.29) is 5.91 Å². The molecule has 0 saturated heterocycles. The first-order valence-electron chi connectivity index (χ1n) is 11.1. The topological polar surface area (TPSA) is 55.4 Å². The molecule has 0 bridgehead atoms. The first-order valence-corrected chi connectivity index (χ1v) is 12.1. The van der Waals surface area contributed by atoms with E-state index in [4.69, 9.17) is 0 Å². The zero-order valence-electron chi connectivity index (χ0n) is 18.3. The molecule has 0 spiro atoms. The van der Waals surface area contributed by atoms with Gasteiger partial charge >= 0.3 is 0 Å². The molecule has 1 aliphatic rings. The van der Waals surface area contributed by atoms with Gasteiger partial charge in [-0.25, -0.2) is 0 Å². The number of nitrogens with zero attached hydrogens (tertiary/aromatic N) is 5. The number of thioether (sulfide) groups is 1. The predicted molar refractivity (Wildman–Crippen MR) is 132 cm³/mol. The number of anilines is 1. The Labute approximate surface area is 195 Å². The van der Waals surface area contributed by atoms with Crippen molar-refractivity contribution in [1.29, 1.82) is 0 Å². The van der Waals surface area contributed by atoms with Gasteiger partial charge in [0.25, 0.3) is 0 Å². The molecule has 164 valence electrons. The Hall–Kier alpha value is -3.58. The molecule has 0 fully saturated rings. The largest absolute Gasteiger partial charge is 0.311 e. The summed E-state index contributed by atoms with van der Waals surface area (Å²) in [5, 5.41) is 9.70. The monoisotopic (exact) mass is 453 g/mol. The Morgan fingerprint density at radius 1 is 0.939 bits per heavy atom. The number of carbonyl (C=O) groups excluding carboxylic acids is 1. The number of aryl methyl sites for hydroxylation is 1. The zero-order chi connectivity index (χ0) is 22.4. The number of rotatable bonds is 5. The molecule has 6 nitrogen and oxygen atoms in total. The fraction of sp³-hybridized carbons (Fsp3) is 0.192. The maximum Gasteiger partial charge on any atom is 0.237 e. The van der Waals surface area contributed by atoms with Crippen LogP contribution in [0.2, 0.25) is 0 Å². The van der Waals surface area contributed by atoms with Crippen molar-refractivity contribution in [3.05, 3.63) is 89.5 Å². The molecule has 33 heavy (non-hydrogen) atoms. The highest BCUT2D eigenvalue weighted by Crippen LogP contribution is 2.30. The zero-order valence-corrected chi connectivity index (χ0v) is 19.1. The lowest BCUT2D eigenvalue weighted by molar-refractivity contribution is -0.116. The molecule has 3 heterocycles. The fourth-order valence-electron chi connectivity index (χ4n) is 4.56. The Morgan fingerprint density at radius 3 is 2.55 bits per heavy atom. The number of hydrogen-bond acceptors (Lipinski definition) is 4. The normalized spacial score (nSPS) is 13.2. The lowest BCUT2D eigenvalue weighted by Gasteiger charge is -2.16. The van der Waals surface area contributed by atoms with Crippen molar-refractivity contribution in [2.75, 3.05) is 17.2 Å². The summed E-state index contributed by atoms with van der Waals surface area (Å²) in [6, 6.07) is 25.0. The van der Waals surface area contributed by atoms with E-state index in [1.54, 1.807) is 0 Å². The molecule has 1 aliphatic heterocycles. The second-order valence-electron chi connectivity index (χ2n) is 8.39. The summed E-state index contributed by atoms with van der Waals surface area (Å²) in [7, 11) is 0. The second-order valence-corrected chi connectivity index (χ2v) is 9.33. The van der Waals surface area contributed by atoms with Crippen LogP contribution in [0.4, 0.5) is 5.69 Å². The van der Waals surface area contributed by atoms with Gasteiger partial charge in [-0.3, -0.25) is 9.20 Å². The van der Waals surface area contributed by atoms with Crippen LogP contribution in [0.3, 0.4) is 0 Å². The first-order chi connectivity index (χ1) is 16.2. The molecular weight excluding hydrogens is 430 g/mol. The minimum absolute atomic E-state index is 0.102. The van der Waals surface area contributed by atoms with Gasteiger partial charge in [-0.05, 0) is 42.7 Å². The van der Waals surface area contributed by atoms with Crippen LogP contribution < -0.4 is 4.90 Å². The molecule has 0 aliphatic carbocycles. The van der Waals surface area contributed by atoms with E-state index in [2.05, 4.69) is 68.6 Å². The summed E-state index contributed by atoms with van der Waals surface area (Å²) < 4.78 is 4.26. The van der Waals surface area contributed by atoms with Crippen LogP contribution in [-0.2, 0) is 17.8 Å². The summed E-state index contributed by atoms with van der Waals surface area (Å²) >= 11 is 1.45. The number of aromatic nitrogens is 4. The number of carbonyl (C=O) groups is 1. The lowest BCUT2D eigenvalue weighted by Crippen LogP contribution is -2.30. The third kappa shape index (κ3) is 3.49. The van der Waals surface area contributed by atoms with Crippen LogP contribution in [0, 0.1) is 6.92 Å². The predicted octanol–water partition coefficient (Wildman–Crippen LogP) is 4.72. The number of fused-ring (bicyclic) bond motifs is 4. The highest BCUT2D eigenvalue weighted by Gasteiger charge is 2.25. The van der Waals surface area contributed by atoms with E-state index in [1.807, 2.05) is 35.2 Å². The molecular formula is C26H23N5OS. The van der Waals surface area contributed by atoms with Crippen molar-refractivity contribution in [3.63, 3.8) is 0 Å². The van der Waals surface area contributed by atoms with Crippen LogP contribution in [-0.4, -0.2) is 37.4 Å². The average molecular weight is 454 g/mol. The standard InChI is InChI=1S/C26H23N5OS/c1-18-10-12-19(13-11-18)16-30-22-8-4-5-9-23(22)31-25(30)27-28-26(31)33-17-24(32)29-15-14-20-6-2-3-7-21(20)29/h2-13H,14-17H2,1H3. The number of para-hydroxylation sites is 3. The molecule has 5 aromatic rings. The highest BCUT2D eigenvalue weighted by molar-refractivity contribution is 7.99. The molecule has 0 unspecified atom stereocenters. The number of hydrogen-bond donors (Lipinski definition) is 0. The van der Waals surface area contributed by atoms with Gasteiger partial charge in [-0.1, -0.05) is 71.9 Å². The molecule has 3 aromatic carbocycles. The highest BCUT2D eigenvalue weighted by atomic mass is 32.2. The summed E-state index contributed by atoms with van der Waals surface area (Å²) in [6.45, 7) is 3.55. The van der Waals surface area contributed by atoms with Gasteiger partial charge in [-0.2, -0.15) is 0 Å². The smallest absolute Gasteiger partial charge is 0.237 e. The third-order valence-electron chi connectivity index (χ3n) is 6.25. The Kier molecular flexibility index (Phi) is 4.91.